The van der Waals surface area contributed by atoms with E-state index in [9.17, 15) is 4.79 Å². The number of fused-ring (bicyclic) bond motifs is 1. The van der Waals surface area contributed by atoms with E-state index in [-0.39, 0.29) is 11.9 Å². The van der Waals surface area contributed by atoms with E-state index in [1.807, 2.05) is 30.3 Å². The number of anilines is 2. The zero-order valence-electron chi connectivity index (χ0n) is 21.8. The van der Waals surface area contributed by atoms with Gasteiger partial charge in [0.25, 0.3) is 5.91 Å². The second-order valence-electron chi connectivity index (χ2n) is 10.2. The van der Waals surface area contributed by atoms with Crippen molar-refractivity contribution >= 4 is 28.3 Å². The molecular weight excluding hydrogens is 456 g/mol. The molecule has 1 heterocycles. The van der Waals surface area contributed by atoms with Gasteiger partial charge in [-0.05, 0) is 61.8 Å². The first-order valence-corrected chi connectivity index (χ1v) is 13.3. The number of carbonyl (C=O) groups is 1. The number of benzene rings is 3. The SMILES string of the molecule is CN(C)c1cc(NC2CCC(NC(=O)c3ccccc3CCc3ccccc3)CC2)nc2ccccc12. The number of carbonyl (C=O) groups excluding carboxylic acids is 1. The molecule has 5 rings (SSSR count). The highest BCUT2D eigenvalue weighted by atomic mass is 16.1. The molecule has 190 valence electrons. The van der Waals surface area contributed by atoms with Gasteiger partial charge in [-0.3, -0.25) is 4.79 Å². The minimum atomic E-state index is 0.0480. The van der Waals surface area contributed by atoms with E-state index in [4.69, 9.17) is 4.98 Å². The van der Waals surface area contributed by atoms with Crippen LogP contribution in [0.2, 0.25) is 0 Å². The molecule has 0 radical (unpaired) electrons. The van der Waals surface area contributed by atoms with Crippen molar-refractivity contribution in [2.75, 3.05) is 24.3 Å². The summed E-state index contributed by atoms with van der Waals surface area (Å²) in [5.41, 5.74) is 5.37. The van der Waals surface area contributed by atoms with Crippen molar-refractivity contribution in [2.24, 2.45) is 0 Å². The van der Waals surface area contributed by atoms with Crippen molar-refractivity contribution in [1.29, 1.82) is 0 Å². The molecule has 0 atom stereocenters. The molecule has 0 unspecified atom stereocenters. The number of pyridine rings is 1. The monoisotopic (exact) mass is 492 g/mol. The van der Waals surface area contributed by atoms with Gasteiger partial charge in [0.1, 0.15) is 5.82 Å². The first-order chi connectivity index (χ1) is 18.1. The molecular formula is C32H36N4O. The smallest absolute Gasteiger partial charge is 0.251 e. The molecule has 0 aliphatic heterocycles. The molecule has 4 aromatic rings. The van der Waals surface area contributed by atoms with Crippen molar-refractivity contribution < 1.29 is 4.79 Å². The van der Waals surface area contributed by atoms with Crippen LogP contribution in [0.25, 0.3) is 10.9 Å². The van der Waals surface area contributed by atoms with Crippen LogP contribution in [0.5, 0.6) is 0 Å². The van der Waals surface area contributed by atoms with Crippen LogP contribution in [0.4, 0.5) is 11.5 Å². The Morgan fingerprint density at radius 2 is 1.51 bits per heavy atom. The number of para-hydroxylation sites is 1. The van der Waals surface area contributed by atoms with Crippen LogP contribution in [-0.4, -0.2) is 37.1 Å². The highest BCUT2D eigenvalue weighted by Crippen LogP contribution is 2.29. The lowest BCUT2D eigenvalue weighted by molar-refractivity contribution is 0.0925. The normalized spacial score (nSPS) is 17.4. The highest BCUT2D eigenvalue weighted by Gasteiger charge is 2.24. The van der Waals surface area contributed by atoms with Crippen LogP contribution >= 0.6 is 0 Å². The van der Waals surface area contributed by atoms with Gasteiger partial charge in [0.2, 0.25) is 0 Å². The quantitative estimate of drug-likeness (QED) is 0.306. The van der Waals surface area contributed by atoms with Gasteiger partial charge >= 0.3 is 0 Å². The minimum absolute atomic E-state index is 0.0480. The number of hydrogen-bond acceptors (Lipinski definition) is 4. The van der Waals surface area contributed by atoms with Gasteiger partial charge < -0.3 is 15.5 Å². The number of hydrogen-bond donors (Lipinski definition) is 2. The molecule has 1 amide bonds. The maximum absolute atomic E-state index is 13.2. The molecule has 1 saturated carbocycles. The van der Waals surface area contributed by atoms with Gasteiger partial charge in [-0.2, -0.15) is 0 Å². The van der Waals surface area contributed by atoms with Crippen molar-refractivity contribution in [3.8, 4) is 0 Å². The first-order valence-electron chi connectivity index (χ1n) is 13.3. The fourth-order valence-electron chi connectivity index (χ4n) is 5.34. The Balaban J connectivity index is 1.17. The summed E-state index contributed by atoms with van der Waals surface area (Å²) in [4.78, 5) is 20.2. The van der Waals surface area contributed by atoms with Crippen molar-refractivity contribution in [1.82, 2.24) is 10.3 Å². The second kappa shape index (κ2) is 11.5. The van der Waals surface area contributed by atoms with E-state index in [1.165, 1.54) is 11.3 Å². The lowest BCUT2D eigenvalue weighted by atomic mass is 9.90. The van der Waals surface area contributed by atoms with Crippen LogP contribution in [0, 0.1) is 0 Å². The van der Waals surface area contributed by atoms with Crippen LogP contribution < -0.4 is 15.5 Å². The van der Waals surface area contributed by atoms with E-state index in [0.29, 0.717) is 6.04 Å². The standard InChI is InChI=1S/C32H36N4O/c1-36(2)30-22-31(35-29-15-9-8-14-28(29)30)33-25-18-20-26(21-19-25)34-32(37)27-13-7-6-12-24(27)17-16-23-10-4-3-5-11-23/h3-15,22,25-26H,16-21H2,1-2H3,(H,33,35)(H,34,37). The fraction of sp³-hybridized carbons (Fsp3) is 0.312. The Kier molecular flexibility index (Phi) is 7.69. The topological polar surface area (TPSA) is 57.3 Å². The maximum atomic E-state index is 13.2. The van der Waals surface area contributed by atoms with E-state index in [1.54, 1.807) is 0 Å². The molecule has 37 heavy (non-hydrogen) atoms. The molecule has 3 aromatic carbocycles. The molecule has 1 aliphatic rings. The summed E-state index contributed by atoms with van der Waals surface area (Å²) in [6, 6.07) is 29.5. The Morgan fingerprint density at radius 3 is 2.30 bits per heavy atom. The molecule has 1 aliphatic carbocycles. The van der Waals surface area contributed by atoms with Gasteiger partial charge in [-0.15, -0.1) is 0 Å². The van der Waals surface area contributed by atoms with Gasteiger partial charge in [0, 0.05) is 48.9 Å². The number of nitrogens with zero attached hydrogens (tertiary/aromatic N) is 2. The number of aromatic nitrogens is 1. The summed E-state index contributed by atoms with van der Waals surface area (Å²) < 4.78 is 0. The summed E-state index contributed by atoms with van der Waals surface area (Å²) in [5.74, 6) is 0.967. The van der Waals surface area contributed by atoms with Gasteiger partial charge in [-0.1, -0.05) is 66.7 Å². The van der Waals surface area contributed by atoms with Gasteiger partial charge in [-0.25, -0.2) is 4.98 Å². The molecule has 2 N–H and O–H groups in total. The molecule has 5 heteroatoms. The number of rotatable bonds is 8. The van der Waals surface area contributed by atoms with E-state index < -0.39 is 0 Å². The molecule has 0 saturated heterocycles. The van der Waals surface area contributed by atoms with E-state index in [2.05, 4.69) is 84.2 Å². The van der Waals surface area contributed by atoms with Gasteiger partial charge in [0.05, 0.1) is 5.52 Å². The second-order valence-corrected chi connectivity index (χ2v) is 10.2. The lowest BCUT2D eigenvalue weighted by Gasteiger charge is -2.30. The average molecular weight is 493 g/mol. The zero-order chi connectivity index (χ0) is 25.6. The summed E-state index contributed by atoms with van der Waals surface area (Å²) in [7, 11) is 4.14. The molecule has 0 spiro atoms. The fourth-order valence-corrected chi connectivity index (χ4v) is 5.34. The Labute approximate surface area is 219 Å². The number of nitrogens with one attached hydrogen (secondary N) is 2. The first kappa shape index (κ1) is 24.8. The third kappa shape index (κ3) is 6.11. The Morgan fingerprint density at radius 1 is 0.838 bits per heavy atom. The van der Waals surface area contributed by atoms with Crippen LogP contribution in [0.3, 0.4) is 0 Å². The number of aryl methyl sites for hydroxylation is 2. The third-order valence-electron chi connectivity index (χ3n) is 7.38. The highest BCUT2D eigenvalue weighted by molar-refractivity contribution is 5.96. The molecule has 1 fully saturated rings. The molecule has 0 bridgehead atoms. The lowest BCUT2D eigenvalue weighted by Crippen LogP contribution is -2.40. The van der Waals surface area contributed by atoms with Crippen LogP contribution in [0.1, 0.15) is 47.2 Å². The van der Waals surface area contributed by atoms with Crippen LogP contribution in [-0.2, 0) is 12.8 Å². The summed E-state index contributed by atoms with van der Waals surface area (Å²) in [6.45, 7) is 0. The van der Waals surface area contributed by atoms with Crippen LogP contribution in [0.15, 0.2) is 84.9 Å². The largest absolute Gasteiger partial charge is 0.377 e. The molecule has 5 nitrogen and oxygen atoms in total. The minimum Gasteiger partial charge on any atom is -0.377 e. The van der Waals surface area contributed by atoms with E-state index >= 15 is 0 Å². The zero-order valence-corrected chi connectivity index (χ0v) is 21.8. The predicted molar refractivity (Wildman–Crippen MR) is 153 cm³/mol. The Hall–Kier alpha value is -3.86. The Bertz CT molecular complexity index is 1340. The number of amides is 1. The van der Waals surface area contributed by atoms with E-state index in [0.717, 1.165) is 66.4 Å². The van der Waals surface area contributed by atoms with Crippen molar-refractivity contribution in [3.05, 3.63) is 102 Å². The molecule has 1 aromatic heterocycles. The average Bonchev–Trinajstić information content (AvgIpc) is 2.93. The third-order valence-corrected chi connectivity index (χ3v) is 7.38. The van der Waals surface area contributed by atoms with Gasteiger partial charge in [0.15, 0.2) is 0 Å². The predicted octanol–water partition coefficient (Wildman–Crippen LogP) is 6.24. The summed E-state index contributed by atoms with van der Waals surface area (Å²) >= 11 is 0. The summed E-state index contributed by atoms with van der Waals surface area (Å²) in [6.07, 6.45) is 5.73. The van der Waals surface area contributed by atoms with Crippen molar-refractivity contribution in [3.63, 3.8) is 0 Å². The van der Waals surface area contributed by atoms with Crippen molar-refractivity contribution in [2.45, 2.75) is 50.6 Å². The maximum Gasteiger partial charge on any atom is 0.251 e. The summed E-state index contributed by atoms with van der Waals surface area (Å²) in [5, 5.41) is 8.14.